The first-order valence-corrected chi connectivity index (χ1v) is 11.6. The van der Waals surface area contributed by atoms with Gasteiger partial charge in [0.1, 0.15) is 10.6 Å². The minimum atomic E-state index is -4.22. The predicted octanol–water partition coefficient (Wildman–Crippen LogP) is 2.36. The summed E-state index contributed by atoms with van der Waals surface area (Å²) < 4.78 is 38.4. The highest BCUT2D eigenvalue weighted by Crippen LogP contribution is 2.34. The SMILES string of the molecule is COC(=O)C1=C(C(=O)OC)N(c2ccccc2S(=O)(=O)N(CCO)c2ccccc2)C=CC=C1. The number of carbonyl (C=O) groups excluding carboxylic acids is 2. The van der Waals surface area contributed by atoms with Gasteiger partial charge in [0.15, 0.2) is 0 Å². The fourth-order valence-electron chi connectivity index (χ4n) is 3.42. The molecule has 0 unspecified atom stereocenters. The monoisotopic (exact) mass is 484 g/mol. The number of aliphatic hydroxyl groups excluding tert-OH is 1. The van der Waals surface area contributed by atoms with Gasteiger partial charge < -0.3 is 19.5 Å². The van der Waals surface area contributed by atoms with E-state index in [2.05, 4.69) is 0 Å². The number of ether oxygens (including phenoxy) is 2. The molecule has 34 heavy (non-hydrogen) atoms. The number of anilines is 2. The highest BCUT2D eigenvalue weighted by molar-refractivity contribution is 7.93. The number of benzene rings is 2. The van der Waals surface area contributed by atoms with E-state index in [1.54, 1.807) is 48.5 Å². The molecule has 0 bridgehead atoms. The van der Waals surface area contributed by atoms with Crippen LogP contribution in [0.1, 0.15) is 0 Å². The van der Waals surface area contributed by atoms with Crippen molar-refractivity contribution in [3.63, 3.8) is 0 Å². The molecule has 1 N–H and O–H groups in total. The maximum atomic E-state index is 13.8. The van der Waals surface area contributed by atoms with Gasteiger partial charge in [0.2, 0.25) is 0 Å². The van der Waals surface area contributed by atoms with E-state index >= 15 is 0 Å². The van der Waals surface area contributed by atoms with Gasteiger partial charge in [-0.3, -0.25) is 4.31 Å². The van der Waals surface area contributed by atoms with Gasteiger partial charge in [0, 0.05) is 6.20 Å². The van der Waals surface area contributed by atoms with Crippen LogP contribution < -0.4 is 9.21 Å². The number of methoxy groups -OCH3 is 2. The predicted molar refractivity (Wildman–Crippen MR) is 126 cm³/mol. The highest BCUT2D eigenvalue weighted by Gasteiger charge is 2.33. The second-order valence-corrected chi connectivity index (χ2v) is 8.75. The smallest absolute Gasteiger partial charge is 0.355 e. The summed E-state index contributed by atoms with van der Waals surface area (Å²) in [4.78, 5) is 26.3. The summed E-state index contributed by atoms with van der Waals surface area (Å²) in [5.41, 5.74) is 0.138. The zero-order valence-electron chi connectivity index (χ0n) is 18.6. The third-order valence-electron chi connectivity index (χ3n) is 4.93. The molecule has 0 atom stereocenters. The van der Waals surface area contributed by atoms with Crippen molar-refractivity contribution >= 4 is 33.3 Å². The highest BCUT2D eigenvalue weighted by atomic mass is 32.2. The molecule has 1 aliphatic heterocycles. The molecule has 0 radical (unpaired) electrons. The Morgan fingerprint density at radius 2 is 1.59 bits per heavy atom. The molecule has 2 aromatic carbocycles. The second-order valence-electron chi connectivity index (χ2n) is 6.92. The number of rotatable bonds is 8. The molecule has 0 saturated heterocycles. The first-order valence-electron chi connectivity index (χ1n) is 10.2. The summed E-state index contributed by atoms with van der Waals surface area (Å²) in [6.07, 6.45) is 5.90. The molecule has 178 valence electrons. The molecule has 1 heterocycles. The van der Waals surface area contributed by atoms with E-state index in [4.69, 9.17) is 9.47 Å². The van der Waals surface area contributed by atoms with Crippen molar-refractivity contribution in [1.82, 2.24) is 0 Å². The Labute approximate surface area is 197 Å². The number of hydrogen-bond donors (Lipinski definition) is 1. The summed E-state index contributed by atoms with van der Waals surface area (Å²) in [6.45, 7) is -0.602. The Hall–Kier alpha value is -3.89. The summed E-state index contributed by atoms with van der Waals surface area (Å²) in [7, 11) is -1.89. The molecule has 0 saturated carbocycles. The van der Waals surface area contributed by atoms with Crippen LogP contribution in [0, 0.1) is 0 Å². The Balaban J connectivity index is 2.25. The van der Waals surface area contributed by atoms with Crippen molar-refractivity contribution in [3.8, 4) is 0 Å². The fraction of sp³-hybridized carbons (Fsp3) is 0.167. The first-order chi connectivity index (χ1) is 16.4. The minimum absolute atomic E-state index is 0.100. The van der Waals surface area contributed by atoms with Gasteiger partial charge in [-0.2, -0.15) is 0 Å². The zero-order chi connectivity index (χ0) is 24.7. The average Bonchev–Trinajstić information content (AvgIpc) is 3.09. The van der Waals surface area contributed by atoms with Crippen LogP contribution in [0.5, 0.6) is 0 Å². The van der Waals surface area contributed by atoms with Gasteiger partial charge in [-0.15, -0.1) is 0 Å². The number of para-hydroxylation sites is 2. The van der Waals surface area contributed by atoms with Gasteiger partial charge >= 0.3 is 11.9 Å². The number of carbonyl (C=O) groups is 2. The standard InChI is InChI=1S/C24H24N2O7S/c1-32-23(28)19-12-8-9-15-25(22(19)24(29)33-2)20-13-6-7-14-21(20)34(30,31)26(16-17-27)18-10-4-3-5-11-18/h3-15,27H,16-17H2,1-2H3. The van der Waals surface area contributed by atoms with E-state index in [0.717, 1.165) is 11.4 Å². The Bertz CT molecular complexity index is 1250. The van der Waals surface area contributed by atoms with E-state index in [9.17, 15) is 23.1 Å². The van der Waals surface area contributed by atoms with Gasteiger partial charge in [-0.25, -0.2) is 18.0 Å². The van der Waals surface area contributed by atoms with Crippen molar-refractivity contribution in [1.29, 1.82) is 0 Å². The van der Waals surface area contributed by atoms with Crippen LogP contribution in [0.2, 0.25) is 0 Å². The average molecular weight is 485 g/mol. The lowest BCUT2D eigenvalue weighted by molar-refractivity contribution is -0.139. The molecule has 1 aliphatic rings. The third kappa shape index (κ3) is 4.87. The van der Waals surface area contributed by atoms with Gasteiger partial charge in [0.25, 0.3) is 10.0 Å². The van der Waals surface area contributed by atoms with Crippen LogP contribution in [0.15, 0.2) is 95.2 Å². The molecule has 0 aromatic heterocycles. The second kappa shape index (κ2) is 10.8. The van der Waals surface area contributed by atoms with E-state index in [-0.39, 0.29) is 28.4 Å². The van der Waals surface area contributed by atoms with Crippen LogP contribution in [-0.2, 0) is 29.1 Å². The number of allylic oxidation sites excluding steroid dienone is 2. The van der Waals surface area contributed by atoms with Crippen molar-refractivity contribution in [2.45, 2.75) is 4.90 Å². The van der Waals surface area contributed by atoms with Crippen molar-refractivity contribution in [3.05, 3.63) is 90.3 Å². The topological polar surface area (TPSA) is 113 Å². The van der Waals surface area contributed by atoms with E-state index < -0.39 is 28.6 Å². The molecule has 0 spiro atoms. The maximum absolute atomic E-state index is 13.8. The molecule has 0 fully saturated rings. The number of hydrogen-bond acceptors (Lipinski definition) is 8. The van der Waals surface area contributed by atoms with Crippen molar-refractivity contribution in [2.24, 2.45) is 0 Å². The lowest BCUT2D eigenvalue weighted by atomic mass is 10.1. The van der Waals surface area contributed by atoms with E-state index in [1.165, 1.54) is 42.5 Å². The van der Waals surface area contributed by atoms with Crippen LogP contribution in [0.25, 0.3) is 0 Å². The van der Waals surface area contributed by atoms with Gasteiger partial charge in [0.05, 0.1) is 44.3 Å². The van der Waals surface area contributed by atoms with Gasteiger partial charge in [-0.05, 0) is 36.4 Å². The summed E-state index contributed by atoms with van der Waals surface area (Å²) >= 11 is 0. The van der Waals surface area contributed by atoms with Gasteiger partial charge in [-0.1, -0.05) is 36.4 Å². The fourth-order valence-corrected chi connectivity index (χ4v) is 5.06. The Kier molecular flexibility index (Phi) is 7.87. The number of nitrogens with zero attached hydrogens (tertiary/aromatic N) is 2. The van der Waals surface area contributed by atoms with Crippen molar-refractivity contribution in [2.75, 3.05) is 36.6 Å². The molecule has 10 heteroatoms. The van der Waals surface area contributed by atoms with E-state index in [0.29, 0.717) is 5.69 Å². The summed E-state index contributed by atoms with van der Waals surface area (Å²) in [5.74, 6) is -1.66. The third-order valence-corrected chi connectivity index (χ3v) is 6.80. The van der Waals surface area contributed by atoms with Crippen molar-refractivity contribution < 1.29 is 32.6 Å². The summed E-state index contributed by atoms with van der Waals surface area (Å²) in [6, 6.07) is 14.4. The Morgan fingerprint density at radius 1 is 0.941 bits per heavy atom. The zero-order valence-corrected chi connectivity index (χ0v) is 19.4. The lowest BCUT2D eigenvalue weighted by Gasteiger charge is -2.28. The molecule has 2 aromatic rings. The first kappa shape index (κ1) is 24.7. The molecular formula is C24H24N2O7S. The van der Waals surface area contributed by atoms with Crippen LogP contribution in [0.3, 0.4) is 0 Å². The molecule has 0 amide bonds. The lowest BCUT2D eigenvalue weighted by Crippen LogP contribution is -2.35. The summed E-state index contributed by atoms with van der Waals surface area (Å²) in [5, 5.41) is 9.58. The molecular weight excluding hydrogens is 460 g/mol. The minimum Gasteiger partial charge on any atom is -0.465 e. The normalized spacial score (nSPS) is 13.4. The molecule has 9 nitrogen and oxygen atoms in total. The largest absolute Gasteiger partial charge is 0.465 e. The molecule has 0 aliphatic carbocycles. The van der Waals surface area contributed by atoms with E-state index in [1.807, 2.05) is 0 Å². The van der Waals surface area contributed by atoms with Crippen LogP contribution in [-0.4, -0.2) is 52.8 Å². The quantitative estimate of drug-likeness (QED) is 0.568. The Morgan fingerprint density at radius 3 is 2.24 bits per heavy atom. The number of esters is 2. The number of sulfonamides is 1. The van der Waals surface area contributed by atoms with Crippen LogP contribution >= 0.6 is 0 Å². The number of aliphatic hydroxyl groups is 1. The van der Waals surface area contributed by atoms with Crippen LogP contribution in [0.4, 0.5) is 11.4 Å². The maximum Gasteiger partial charge on any atom is 0.355 e. The molecule has 3 rings (SSSR count).